The van der Waals surface area contributed by atoms with Gasteiger partial charge in [-0.15, -0.1) is 0 Å². The first kappa shape index (κ1) is 21.3. The number of hydrogen-bond donors (Lipinski definition) is 0. The quantitative estimate of drug-likeness (QED) is 0.407. The topological polar surface area (TPSA) is 3.24 Å². The second-order valence-electron chi connectivity index (χ2n) is 7.88. The Labute approximate surface area is 177 Å². The Morgan fingerprint density at radius 2 is 1.41 bits per heavy atom. The van der Waals surface area contributed by atoms with Crippen molar-refractivity contribution in [2.24, 2.45) is 0 Å². The normalized spacial score (nSPS) is 15.0. The summed E-state index contributed by atoms with van der Waals surface area (Å²) >= 11 is 0. The summed E-state index contributed by atoms with van der Waals surface area (Å²) in [5.74, 6) is 0. The lowest BCUT2D eigenvalue weighted by Gasteiger charge is -2.22. The maximum atomic E-state index is 2.52. The molecular weight excluding hydrogens is 350 g/mol. The van der Waals surface area contributed by atoms with Gasteiger partial charge in [0.15, 0.2) is 0 Å². The predicted molar refractivity (Wildman–Crippen MR) is 128 cm³/mol. The molecule has 0 saturated heterocycles. The molecule has 0 spiro atoms. The minimum atomic E-state index is 1.13. The molecule has 0 aliphatic heterocycles. The Kier molecular flexibility index (Phi) is 8.07. The van der Waals surface area contributed by atoms with Crippen LogP contribution in [0.25, 0.3) is 11.1 Å². The highest BCUT2D eigenvalue weighted by Crippen LogP contribution is 2.37. The van der Waals surface area contributed by atoms with E-state index >= 15 is 0 Å². The van der Waals surface area contributed by atoms with Crippen molar-refractivity contribution < 1.29 is 0 Å². The van der Waals surface area contributed by atoms with Crippen molar-refractivity contribution in [2.45, 2.75) is 46.5 Å². The minimum Gasteiger partial charge on any atom is -0.304 e. The predicted octanol–water partition coefficient (Wildman–Crippen LogP) is 7.39. The highest BCUT2D eigenvalue weighted by molar-refractivity contribution is 5.97. The fraction of sp³-hybridized carbons (Fsp3) is 0.357. The molecule has 0 bridgehead atoms. The Morgan fingerprint density at radius 3 is 1.97 bits per heavy atom. The number of hydrogen-bond acceptors (Lipinski definition) is 1. The maximum Gasteiger partial charge on any atom is -0.00159 e. The van der Waals surface area contributed by atoms with E-state index in [1.165, 1.54) is 53.7 Å². The first-order valence-electron chi connectivity index (χ1n) is 11.2. The molecule has 2 aromatic carbocycles. The molecule has 2 aromatic rings. The molecule has 0 radical (unpaired) electrons. The molecule has 1 heteroatoms. The zero-order chi connectivity index (χ0) is 20.5. The highest BCUT2D eigenvalue weighted by Gasteiger charge is 2.16. The third kappa shape index (κ3) is 5.81. The van der Waals surface area contributed by atoms with Crippen LogP contribution in [-0.4, -0.2) is 24.5 Å². The van der Waals surface area contributed by atoms with Crippen molar-refractivity contribution in [3.63, 3.8) is 0 Å². The molecule has 0 N–H and O–H groups in total. The molecule has 0 heterocycles. The SMILES string of the molecule is CCN(CC)CCCC1=CC=C(/C(=C(/C)c2ccccc2)c2ccccc2)CC1. The zero-order valence-electron chi connectivity index (χ0n) is 18.3. The van der Waals surface area contributed by atoms with Crippen molar-refractivity contribution in [3.8, 4) is 0 Å². The van der Waals surface area contributed by atoms with Crippen LogP contribution in [0.3, 0.4) is 0 Å². The lowest BCUT2D eigenvalue weighted by Crippen LogP contribution is -2.24. The maximum absolute atomic E-state index is 2.52. The van der Waals surface area contributed by atoms with Crippen LogP contribution in [-0.2, 0) is 0 Å². The second-order valence-corrected chi connectivity index (χ2v) is 7.88. The molecule has 0 aromatic heterocycles. The molecule has 0 fully saturated rings. The second kappa shape index (κ2) is 11.0. The van der Waals surface area contributed by atoms with Gasteiger partial charge in [0.2, 0.25) is 0 Å². The van der Waals surface area contributed by atoms with Crippen LogP contribution >= 0.6 is 0 Å². The van der Waals surface area contributed by atoms with Gasteiger partial charge in [0, 0.05) is 0 Å². The van der Waals surface area contributed by atoms with Gasteiger partial charge >= 0.3 is 0 Å². The van der Waals surface area contributed by atoms with E-state index in [4.69, 9.17) is 0 Å². The lowest BCUT2D eigenvalue weighted by molar-refractivity contribution is 0.299. The summed E-state index contributed by atoms with van der Waals surface area (Å²) in [5.41, 5.74) is 8.45. The molecule has 0 atom stereocenters. The Morgan fingerprint density at radius 1 is 0.793 bits per heavy atom. The summed E-state index contributed by atoms with van der Waals surface area (Å²) in [4.78, 5) is 2.52. The van der Waals surface area contributed by atoms with Gasteiger partial charge < -0.3 is 4.90 Å². The number of nitrogens with zero attached hydrogens (tertiary/aromatic N) is 1. The van der Waals surface area contributed by atoms with Gasteiger partial charge in [-0.2, -0.15) is 0 Å². The zero-order valence-corrected chi connectivity index (χ0v) is 18.3. The molecule has 1 nitrogen and oxygen atoms in total. The molecular formula is C28H35N. The summed E-state index contributed by atoms with van der Waals surface area (Å²) in [7, 11) is 0. The van der Waals surface area contributed by atoms with Crippen LogP contribution in [0.15, 0.2) is 84.0 Å². The summed E-state index contributed by atoms with van der Waals surface area (Å²) in [6.45, 7) is 10.3. The lowest BCUT2D eigenvalue weighted by atomic mass is 9.84. The Balaban J connectivity index is 1.83. The third-order valence-electron chi connectivity index (χ3n) is 6.07. The van der Waals surface area contributed by atoms with Crippen LogP contribution in [0, 0.1) is 0 Å². The van der Waals surface area contributed by atoms with Gasteiger partial charge in [-0.1, -0.05) is 92.2 Å². The van der Waals surface area contributed by atoms with Crippen molar-refractivity contribution in [1.82, 2.24) is 4.90 Å². The monoisotopic (exact) mass is 385 g/mol. The Hall–Kier alpha value is -2.38. The fourth-order valence-electron chi connectivity index (χ4n) is 4.25. The highest BCUT2D eigenvalue weighted by atomic mass is 15.1. The van der Waals surface area contributed by atoms with E-state index < -0.39 is 0 Å². The molecule has 1 aliphatic rings. The van der Waals surface area contributed by atoms with Crippen LogP contribution in [0.4, 0.5) is 0 Å². The van der Waals surface area contributed by atoms with E-state index in [9.17, 15) is 0 Å². The molecule has 0 unspecified atom stereocenters. The van der Waals surface area contributed by atoms with Gasteiger partial charge in [0.25, 0.3) is 0 Å². The van der Waals surface area contributed by atoms with Crippen LogP contribution < -0.4 is 0 Å². The van der Waals surface area contributed by atoms with E-state index in [-0.39, 0.29) is 0 Å². The number of allylic oxidation sites excluding steroid dienone is 6. The summed E-state index contributed by atoms with van der Waals surface area (Å²) < 4.78 is 0. The van der Waals surface area contributed by atoms with Gasteiger partial charge in [-0.3, -0.25) is 0 Å². The van der Waals surface area contributed by atoms with E-state index in [2.05, 4.69) is 98.5 Å². The molecule has 3 rings (SSSR count). The summed E-state index contributed by atoms with van der Waals surface area (Å²) in [6, 6.07) is 21.7. The van der Waals surface area contributed by atoms with Gasteiger partial charge in [0.1, 0.15) is 0 Å². The molecule has 29 heavy (non-hydrogen) atoms. The van der Waals surface area contributed by atoms with Gasteiger partial charge in [-0.05, 0) is 80.1 Å². The van der Waals surface area contributed by atoms with Crippen LogP contribution in [0.5, 0.6) is 0 Å². The van der Waals surface area contributed by atoms with Gasteiger partial charge in [0.05, 0.1) is 0 Å². The third-order valence-corrected chi connectivity index (χ3v) is 6.07. The summed E-state index contributed by atoms with van der Waals surface area (Å²) in [5, 5.41) is 0. The average molecular weight is 386 g/mol. The summed E-state index contributed by atoms with van der Waals surface area (Å²) in [6.07, 6.45) is 9.57. The van der Waals surface area contributed by atoms with Crippen molar-refractivity contribution in [2.75, 3.05) is 19.6 Å². The largest absolute Gasteiger partial charge is 0.304 e. The van der Waals surface area contributed by atoms with Crippen LogP contribution in [0.1, 0.15) is 57.6 Å². The first-order valence-corrected chi connectivity index (χ1v) is 11.2. The molecule has 152 valence electrons. The Bertz CT molecular complexity index is 852. The standard InChI is InChI=1S/C28H35N/c1-4-29(5-2)22-12-13-24-18-20-27(21-19-24)28(26-16-10-7-11-17-26)23(3)25-14-8-6-9-15-25/h6-11,14-18,20H,4-5,12-13,19,21-22H2,1-3H3/b28-23-. The average Bonchev–Trinajstić information content (AvgIpc) is 2.79. The number of benzene rings is 2. The first-order chi connectivity index (χ1) is 14.2. The van der Waals surface area contributed by atoms with Crippen molar-refractivity contribution >= 4 is 11.1 Å². The fourth-order valence-corrected chi connectivity index (χ4v) is 4.25. The van der Waals surface area contributed by atoms with Crippen molar-refractivity contribution in [1.29, 1.82) is 0 Å². The molecule has 0 saturated carbocycles. The van der Waals surface area contributed by atoms with E-state index in [0.717, 1.165) is 19.5 Å². The smallest absolute Gasteiger partial charge is 0.00159 e. The van der Waals surface area contributed by atoms with Crippen molar-refractivity contribution in [3.05, 3.63) is 95.1 Å². The van der Waals surface area contributed by atoms with Crippen LogP contribution in [0.2, 0.25) is 0 Å². The molecule has 1 aliphatic carbocycles. The minimum absolute atomic E-state index is 1.13. The van der Waals surface area contributed by atoms with E-state index in [0.29, 0.717) is 0 Å². The number of rotatable bonds is 9. The van der Waals surface area contributed by atoms with Gasteiger partial charge in [-0.25, -0.2) is 0 Å². The molecule has 0 amide bonds. The van der Waals surface area contributed by atoms with E-state index in [1.807, 2.05) is 0 Å². The van der Waals surface area contributed by atoms with E-state index in [1.54, 1.807) is 5.57 Å².